The van der Waals surface area contributed by atoms with Crippen LogP contribution in [-0.4, -0.2) is 174 Å². The molecule has 440 valence electrons. The highest BCUT2D eigenvalue weighted by Crippen LogP contribution is 2.31. The van der Waals surface area contributed by atoms with Crippen LogP contribution in [0.15, 0.2) is 72.8 Å². The molecule has 0 unspecified atom stereocenters. The highest BCUT2D eigenvalue weighted by Gasteiger charge is 2.15. The molecule has 4 aromatic carbocycles. The summed E-state index contributed by atoms with van der Waals surface area (Å²) in [5.41, 5.74) is 1.29. The smallest absolute Gasteiger partial charge is 0.338 e. The normalized spacial score (nSPS) is 9.76. The third kappa shape index (κ3) is 33.2. The van der Waals surface area contributed by atoms with E-state index in [0.717, 1.165) is 12.5 Å². The molecule has 0 bridgehead atoms. The van der Waals surface area contributed by atoms with Gasteiger partial charge in [-0.3, -0.25) is 0 Å². The third-order valence-electron chi connectivity index (χ3n) is 8.57. The number of aromatic hydroxyl groups is 3. The van der Waals surface area contributed by atoms with Gasteiger partial charge in [0.05, 0.1) is 81.7 Å². The van der Waals surface area contributed by atoms with E-state index >= 15 is 0 Å². The number of hydrogen-bond donors (Lipinski definition) is 6. The van der Waals surface area contributed by atoms with Gasteiger partial charge in [-0.1, -0.05) is 27.2 Å². The molecule has 0 saturated carbocycles. The molecule has 78 heavy (non-hydrogen) atoms. The number of carbonyl (C=O) groups is 4. The second-order valence-electron chi connectivity index (χ2n) is 14.9. The van der Waals surface area contributed by atoms with E-state index in [4.69, 9.17) is 82.4 Å². The van der Waals surface area contributed by atoms with E-state index in [9.17, 15) is 24.3 Å². The van der Waals surface area contributed by atoms with Crippen LogP contribution in [0.25, 0.3) is 0 Å². The highest BCUT2D eigenvalue weighted by atomic mass is 16.6. The van der Waals surface area contributed by atoms with Crippen LogP contribution in [0.1, 0.15) is 110 Å². The minimum atomic E-state index is -0.516. The number of carbonyl (C=O) groups excluding carboxylic acids is 4. The second kappa shape index (κ2) is 48.3. The van der Waals surface area contributed by atoms with Gasteiger partial charge in [-0.05, 0) is 114 Å². The summed E-state index contributed by atoms with van der Waals surface area (Å²) < 4.78 is 61.6. The first-order chi connectivity index (χ1) is 37.6. The SMILES string of the molecule is CCC.CCCO.CCOC(=O)c1ccc(O)c(O)c1.CCOC(=O)c1ccc(OCCO)c(O)c1.CCOC(=O)c1ccc(OCCO)c(OCCOC)c1.CCOCCOc1ccc(C(=O)OCC)cc1OCCOC. The van der Waals surface area contributed by atoms with Gasteiger partial charge in [-0.2, -0.15) is 0 Å². The molecule has 0 aromatic heterocycles. The quantitative estimate of drug-likeness (QED) is 0.0138. The average Bonchev–Trinajstić information content (AvgIpc) is 3.43. The second-order valence-corrected chi connectivity index (χ2v) is 14.9. The van der Waals surface area contributed by atoms with Crippen LogP contribution in [0.5, 0.6) is 46.0 Å². The van der Waals surface area contributed by atoms with E-state index < -0.39 is 17.9 Å². The first-order valence-corrected chi connectivity index (χ1v) is 25.5. The van der Waals surface area contributed by atoms with Crippen molar-refractivity contribution in [3.8, 4) is 46.0 Å². The number of methoxy groups -OCH3 is 2. The maximum atomic E-state index is 11.8. The molecule has 0 aliphatic heterocycles. The lowest BCUT2D eigenvalue weighted by Crippen LogP contribution is -2.11. The Bertz CT molecular complexity index is 2200. The summed E-state index contributed by atoms with van der Waals surface area (Å²) in [6.07, 6.45) is 2.12. The summed E-state index contributed by atoms with van der Waals surface area (Å²) >= 11 is 0. The maximum Gasteiger partial charge on any atom is 0.338 e. The van der Waals surface area contributed by atoms with E-state index in [1.54, 1.807) is 78.3 Å². The first kappa shape index (κ1) is 73.0. The topological polar surface area (TPSA) is 300 Å². The van der Waals surface area contributed by atoms with Gasteiger partial charge in [0.2, 0.25) is 0 Å². The number of aliphatic hydroxyl groups excluding tert-OH is 3. The molecule has 6 N–H and O–H groups in total. The number of phenols is 3. The van der Waals surface area contributed by atoms with Gasteiger partial charge >= 0.3 is 23.9 Å². The minimum absolute atomic E-state index is 0.0896. The van der Waals surface area contributed by atoms with Gasteiger partial charge in [0.25, 0.3) is 0 Å². The van der Waals surface area contributed by atoms with Crippen molar-refractivity contribution < 1.29 is 107 Å². The molecule has 0 radical (unpaired) electrons. The Morgan fingerprint density at radius 3 is 1.01 bits per heavy atom. The van der Waals surface area contributed by atoms with Crippen LogP contribution < -0.4 is 23.7 Å². The molecule has 0 aliphatic carbocycles. The van der Waals surface area contributed by atoms with Gasteiger partial charge in [0, 0.05) is 27.4 Å². The van der Waals surface area contributed by atoms with Crippen molar-refractivity contribution in [2.24, 2.45) is 0 Å². The fourth-order valence-corrected chi connectivity index (χ4v) is 5.14. The van der Waals surface area contributed by atoms with Crippen LogP contribution >= 0.6 is 0 Å². The largest absolute Gasteiger partial charge is 0.504 e. The van der Waals surface area contributed by atoms with Crippen molar-refractivity contribution in [1.29, 1.82) is 0 Å². The van der Waals surface area contributed by atoms with Gasteiger partial charge in [0.15, 0.2) is 46.0 Å². The maximum absolute atomic E-state index is 11.8. The molecule has 0 atom stereocenters. The number of rotatable bonds is 28. The number of ether oxygens (including phenoxy) is 12. The average molecular weight is 1110 g/mol. The highest BCUT2D eigenvalue weighted by molar-refractivity contribution is 5.91. The fourth-order valence-electron chi connectivity index (χ4n) is 5.14. The van der Waals surface area contributed by atoms with Crippen molar-refractivity contribution in [3.05, 3.63) is 95.1 Å². The zero-order valence-electron chi connectivity index (χ0n) is 46.9. The monoisotopic (exact) mass is 1110 g/mol. The van der Waals surface area contributed by atoms with Crippen LogP contribution in [-0.2, 0) is 33.2 Å². The minimum Gasteiger partial charge on any atom is -0.504 e. The predicted molar refractivity (Wildman–Crippen MR) is 290 cm³/mol. The van der Waals surface area contributed by atoms with E-state index in [0.29, 0.717) is 100 Å². The van der Waals surface area contributed by atoms with E-state index in [2.05, 4.69) is 13.8 Å². The zero-order valence-corrected chi connectivity index (χ0v) is 46.9. The molecule has 0 saturated heterocycles. The van der Waals surface area contributed by atoms with E-state index in [-0.39, 0.29) is 79.7 Å². The standard InChI is InChI=1S/C16H24O6.C14H20O6.C11H14O5.C9H10O4.C3H8O.C3H8/c1-4-19-9-11-21-14-7-6-13(16(17)20-5-2)12-15(14)22-10-8-18-3;1-3-18-14(16)11-4-5-12(19-7-6-15)13(10-11)20-9-8-17-2;1-2-15-11(14)8-3-4-10(9(13)7-8)16-6-5-12;1-2-13-9(12)6-3-4-7(10)8(11)5-6;1-2-3-4;1-3-2/h6-7,12H,4-5,8-11H2,1-3H3;4-5,10,15H,3,6-9H2,1-2H3;3-4,7,12-13H,2,5-6H2,1H3;3-5,10-11H,2H2,1H3;4H,2-3H2,1H3;3H2,1-2H3. The summed E-state index contributed by atoms with van der Waals surface area (Å²) in [4.78, 5) is 45.8. The summed E-state index contributed by atoms with van der Waals surface area (Å²) in [5.74, 6) is -0.408. The lowest BCUT2D eigenvalue weighted by atomic mass is 10.2. The molecule has 0 amide bonds. The lowest BCUT2D eigenvalue weighted by molar-refractivity contribution is 0.0516. The molecule has 4 aromatic rings. The van der Waals surface area contributed by atoms with Crippen LogP contribution in [0.3, 0.4) is 0 Å². The zero-order chi connectivity index (χ0) is 58.9. The van der Waals surface area contributed by atoms with Crippen LogP contribution in [0.4, 0.5) is 0 Å². The number of hydrogen-bond acceptors (Lipinski definition) is 22. The Kier molecular flexibility index (Phi) is 45.2. The van der Waals surface area contributed by atoms with Gasteiger partial charge in [-0.25, -0.2) is 19.2 Å². The third-order valence-corrected chi connectivity index (χ3v) is 8.57. The molecular weight excluding hydrogens is 1020 g/mol. The summed E-state index contributed by atoms with van der Waals surface area (Å²) in [7, 11) is 3.17. The molecule has 0 heterocycles. The Morgan fingerprint density at radius 2 is 0.679 bits per heavy atom. The van der Waals surface area contributed by atoms with Crippen molar-refractivity contribution in [1.82, 2.24) is 0 Å². The number of benzene rings is 4. The molecule has 22 heteroatoms. The lowest BCUT2D eigenvalue weighted by Gasteiger charge is -2.14. The predicted octanol–water partition coefficient (Wildman–Crippen LogP) is 7.58. The van der Waals surface area contributed by atoms with Crippen LogP contribution in [0.2, 0.25) is 0 Å². The first-order valence-electron chi connectivity index (χ1n) is 25.5. The molecule has 0 aliphatic rings. The van der Waals surface area contributed by atoms with E-state index in [1.807, 2.05) is 13.8 Å². The summed E-state index contributed by atoms with van der Waals surface area (Å²) in [6, 6.07) is 17.7. The van der Waals surface area contributed by atoms with Crippen molar-refractivity contribution >= 4 is 23.9 Å². The Hall–Kier alpha value is -7.08. The number of aliphatic hydroxyl groups is 3. The van der Waals surface area contributed by atoms with Crippen molar-refractivity contribution in [3.63, 3.8) is 0 Å². The molecule has 22 nitrogen and oxygen atoms in total. The Morgan fingerprint density at radius 1 is 0.359 bits per heavy atom. The molecule has 4 rings (SSSR count). The van der Waals surface area contributed by atoms with Gasteiger partial charge < -0.3 is 87.5 Å². The van der Waals surface area contributed by atoms with Crippen molar-refractivity contribution in [2.75, 3.05) is 120 Å². The van der Waals surface area contributed by atoms with Crippen LogP contribution in [0, 0.1) is 0 Å². The molecule has 0 spiro atoms. The van der Waals surface area contributed by atoms with Crippen molar-refractivity contribution in [2.45, 2.75) is 68.2 Å². The molecule has 0 fully saturated rings. The molecular formula is C56H84O22. The summed E-state index contributed by atoms with van der Waals surface area (Å²) in [6.45, 7) is 19.6. The summed E-state index contributed by atoms with van der Waals surface area (Å²) in [5, 5.41) is 52.7. The van der Waals surface area contributed by atoms with E-state index in [1.165, 1.54) is 36.8 Å². The fraction of sp³-hybridized carbons (Fsp3) is 0.500. The number of phenolic OH excluding ortho intramolecular Hbond substituents is 3. The number of esters is 4. The van der Waals surface area contributed by atoms with Gasteiger partial charge in [-0.15, -0.1) is 0 Å². The Labute approximate surface area is 458 Å². The Balaban J connectivity index is 0. The van der Waals surface area contributed by atoms with Gasteiger partial charge in [0.1, 0.15) is 33.0 Å².